The summed E-state index contributed by atoms with van der Waals surface area (Å²) >= 11 is 0. The number of carboxylic acids is 1. The molecule has 0 saturated heterocycles. The summed E-state index contributed by atoms with van der Waals surface area (Å²) in [6.45, 7) is 0. The van der Waals surface area contributed by atoms with Crippen LogP contribution in [0.15, 0.2) is 83.8 Å². The minimum absolute atomic E-state index is 0.0645. The SMILES string of the molecule is O=C(Nc1ccccc1C(=O)O)c1cccc(S(=O)(=O)Nc2ccccc2)c1. The van der Waals surface area contributed by atoms with Crippen LogP contribution < -0.4 is 10.0 Å². The standard InChI is InChI=1S/C20H16N2O5S/c23-19(21-18-12-5-4-11-17(18)20(24)25)14-7-6-10-16(13-14)28(26,27)22-15-8-2-1-3-9-15/h1-13,22H,(H,21,23)(H,24,25). The molecule has 3 N–H and O–H groups in total. The van der Waals surface area contributed by atoms with Crippen molar-refractivity contribution in [2.24, 2.45) is 0 Å². The van der Waals surface area contributed by atoms with Crippen LogP contribution in [0.4, 0.5) is 11.4 Å². The summed E-state index contributed by atoms with van der Waals surface area (Å²) in [5, 5.41) is 11.7. The Bertz CT molecular complexity index is 1130. The average molecular weight is 396 g/mol. The van der Waals surface area contributed by atoms with Crippen molar-refractivity contribution in [1.29, 1.82) is 0 Å². The van der Waals surface area contributed by atoms with Crippen molar-refractivity contribution >= 4 is 33.3 Å². The van der Waals surface area contributed by atoms with Crippen LogP contribution >= 0.6 is 0 Å². The summed E-state index contributed by atoms with van der Waals surface area (Å²) in [5.74, 6) is -1.80. The zero-order valence-electron chi connectivity index (χ0n) is 14.5. The van der Waals surface area contributed by atoms with Gasteiger partial charge in [0, 0.05) is 11.3 Å². The maximum absolute atomic E-state index is 12.6. The van der Waals surface area contributed by atoms with Crippen LogP contribution in [0.25, 0.3) is 0 Å². The number of hydrogen-bond acceptors (Lipinski definition) is 4. The summed E-state index contributed by atoms with van der Waals surface area (Å²) < 4.78 is 27.6. The van der Waals surface area contributed by atoms with Gasteiger partial charge in [0.2, 0.25) is 0 Å². The van der Waals surface area contributed by atoms with Gasteiger partial charge in [-0.15, -0.1) is 0 Å². The molecule has 0 heterocycles. The second-order valence-electron chi connectivity index (χ2n) is 5.80. The largest absolute Gasteiger partial charge is 0.478 e. The minimum atomic E-state index is -3.89. The number of para-hydroxylation sites is 2. The van der Waals surface area contributed by atoms with E-state index in [4.69, 9.17) is 0 Å². The minimum Gasteiger partial charge on any atom is -0.478 e. The Morgan fingerprint density at radius 2 is 1.50 bits per heavy atom. The van der Waals surface area contributed by atoms with Gasteiger partial charge in [-0.3, -0.25) is 9.52 Å². The van der Waals surface area contributed by atoms with E-state index in [1.165, 1.54) is 36.4 Å². The number of nitrogens with one attached hydrogen (secondary N) is 2. The highest BCUT2D eigenvalue weighted by atomic mass is 32.2. The Labute approximate surface area is 161 Å². The van der Waals surface area contributed by atoms with E-state index in [0.717, 1.165) is 0 Å². The fourth-order valence-corrected chi connectivity index (χ4v) is 3.60. The van der Waals surface area contributed by atoms with Crippen LogP contribution in [-0.2, 0) is 10.0 Å². The Kier molecular flexibility index (Phi) is 5.42. The second-order valence-corrected chi connectivity index (χ2v) is 7.49. The molecule has 0 aliphatic carbocycles. The normalized spacial score (nSPS) is 10.9. The lowest BCUT2D eigenvalue weighted by atomic mass is 10.1. The van der Waals surface area contributed by atoms with E-state index in [-0.39, 0.29) is 21.7 Å². The smallest absolute Gasteiger partial charge is 0.337 e. The van der Waals surface area contributed by atoms with Crippen LogP contribution in [0.5, 0.6) is 0 Å². The summed E-state index contributed by atoms with van der Waals surface area (Å²) in [4.78, 5) is 23.7. The summed E-state index contributed by atoms with van der Waals surface area (Å²) in [6, 6.07) is 19.8. The van der Waals surface area contributed by atoms with Crippen molar-refractivity contribution in [2.75, 3.05) is 10.0 Å². The first-order chi connectivity index (χ1) is 13.4. The summed E-state index contributed by atoms with van der Waals surface area (Å²) in [6.07, 6.45) is 0. The lowest BCUT2D eigenvalue weighted by Gasteiger charge is -2.11. The molecule has 0 spiro atoms. The lowest BCUT2D eigenvalue weighted by molar-refractivity contribution is 0.0698. The van der Waals surface area contributed by atoms with Gasteiger partial charge < -0.3 is 10.4 Å². The molecule has 0 radical (unpaired) electrons. The quantitative estimate of drug-likeness (QED) is 0.591. The van der Waals surface area contributed by atoms with Crippen molar-refractivity contribution in [3.05, 3.63) is 90.0 Å². The second kappa shape index (κ2) is 7.93. The number of rotatable bonds is 6. The topological polar surface area (TPSA) is 113 Å². The molecule has 1 amide bonds. The molecule has 0 unspecified atom stereocenters. The number of hydrogen-bond donors (Lipinski definition) is 3. The van der Waals surface area contributed by atoms with Gasteiger partial charge in [-0.2, -0.15) is 0 Å². The van der Waals surface area contributed by atoms with Gasteiger partial charge in [-0.05, 0) is 42.5 Å². The molecule has 0 bridgehead atoms. The maximum Gasteiger partial charge on any atom is 0.337 e. The number of sulfonamides is 1. The molecule has 0 aromatic heterocycles. The molecule has 0 atom stereocenters. The zero-order valence-corrected chi connectivity index (χ0v) is 15.3. The molecule has 0 fully saturated rings. The molecule has 0 saturated carbocycles. The third-order valence-corrected chi connectivity index (χ3v) is 5.22. The summed E-state index contributed by atoms with van der Waals surface area (Å²) in [5.41, 5.74) is 0.532. The molecule has 3 aromatic carbocycles. The third kappa shape index (κ3) is 4.36. The molecule has 3 aromatic rings. The van der Waals surface area contributed by atoms with Gasteiger partial charge in [-0.1, -0.05) is 36.4 Å². The lowest BCUT2D eigenvalue weighted by Crippen LogP contribution is -2.17. The van der Waals surface area contributed by atoms with Crippen molar-refractivity contribution in [2.45, 2.75) is 4.90 Å². The Balaban J connectivity index is 1.85. The predicted molar refractivity (Wildman–Crippen MR) is 105 cm³/mol. The number of carbonyl (C=O) groups is 2. The van der Waals surface area contributed by atoms with Gasteiger partial charge in [0.25, 0.3) is 15.9 Å². The number of amides is 1. The predicted octanol–water partition coefficient (Wildman–Crippen LogP) is 3.44. The number of aromatic carboxylic acids is 1. The van der Waals surface area contributed by atoms with Crippen LogP contribution in [0.2, 0.25) is 0 Å². The monoisotopic (exact) mass is 396 g/mol. The van der Waals surface area contributed by atoms with E-state index in [1.807, 2.05) is 0 Å². The van der Waals surface area contributed by atoms with E-state index >= 15 is 0 Å². The number of anilines is 2. The van der Waals surface area contributed by atoms with Crippen LogP contribution in [-0.4, -0.2) is 25.4 Å². The highest BCUT2D eigenvalue weighted by Gasteiger charge is 2.18. The molecule has 8 heteroatoms. The van der Waals surface area contributed by atoms with Crippen molar-refractivity contribution < 1.29 is 23.1 Å². The molecule has 0 aliphatic heterocycles. The first-order valence-electron chi connectivity index (χ1n) is 8.18. The van der Waals surface area contributed by atoms with E-state index in [1.54, 1.807) is 42.5 Å². The number of benzene rings is 3. The number of carboxylic acid groups (broad SMARTS) is 1. The molecule has 0 aliphatic rings. The van der Waals surface area contributed by atoms with E-state index in [9.17, 15) is 23.1 Å². The maximum atomic E-state index is 12.6. The van der Waals surface area contributed by atoms with Gasteiger partial charge in [0.05, 0.1) is 16.1 Å². The molecule has 142 valence electrons. The fourth-order valence-electron chi connectivity index (χ4n) is 2.50. The van der Waals surface area contributed by atoms with Crippen LogP contribution in [0.1, 0.15) is 20.7 Å². The molecular weight excluding hydrogens is 380 g/mol. The highest BCUT2D eigenvalue weighted by molar-refractivity contribution is 7.92. The Hall–Kier alpha value is -3.65. The summed E-state index contributed by atoms with van der Waals surface area (Å²) in [7, 11) is -3.89. The molecule has 28 heavy (non-hydrogen) atoms. The van der Waals surface area contributed by atoms with Crippen molar-refractivity contribution in [1.82, 2.24) is 0 Å². The van der Waals surface area contributed by atoms with Crippen molar-refractivity contribution in [3.8, 4) is 0 Å². The zero-order chi connectivity index (χ0) is 20.1. The Morgan fingerprint density at radius 1 is 0.821 bits per heavy atom. The average Bonchev–Trinajstić information content (AvgIpc) is 2.69. The van der Waals surface area contributed by atoms with Crippen molar-refractivity contribution in [3.63, 3.8) is 0 Å². The van der Waals surface area contributed by atoms with E-state index < -0.39 is 21.9 Å². The molecule has 3 rings (SSSR count). The Morgan fingerprint density at radius 3 is 2.21 bits per heavy atom. The first kappa shape index (κ1) is 19.1. The fraction of sp³-hybridized carbons (Fsp3) is 0. The highest BCUT2D eigenvalue weighted by Crippen LogP contribution is 2.19. The first-order valence-corrected chi connectivity index (χ1v) is 9.67. The van der Waals surface area contributed by atoms with E-state index in [0.29, 0.717) is 5.69 Å². The third-order valence-electron chi connectivity index (χ3n) is 3.84. The van der Waals surface area contributed by atoms with Gasteiger partial charge >= 0.3 is 5.97 Å². The van der Waals surface area contributed by atoms with Crippen LogP contribution in [0, 0.1) is 0 Å². The van der Waals surface area contributed by atoms with E-state index in [2.05, 4.69) is 10.0 Å². The molecule has 7 nitrogen and oxygen atoms in total. The van der Waals surface area contributed by atoms with Gasteiger partial charge in [0.1, 0.15) is 0 Å². The van der Waals surface area contributed by atoms with Gasteiger partial charge in [0.15, 0.2) is 0 Å². The number of carbonyl (C=O) groups excluding carboxylic acids is 1. The molecular formula is C20H16N2O5S. The van der Waals surface area contributed by atoms with Crippen LogP contribution in [0.3, 0.4) is 0 Å². The van der Waals surface area contributed by atoms with Gasteiger partial charge in [-0.25, -0.2) is 13.2 Å².